The molecule has 1 aliphatic rings. The Hall–Kier alpha value is -0.300. The average molecular weight is 376 g/mol. The van der Waals surface area contributed by atoms with Crippen molar-refractivity contribution in [2.45, 2.75) is 59.4 Å². The molecule has 0 fully saturated rings. The molecule has 0 saturated heterocycles. The van der Waals surface area contributed by atoms with E-state index in [1.54, 1.807) is 4.68 Å². The summed E-state index contributed by atoms with van der Waals surface area (Å²) >= 11 is 0. The monoisotopic (exact) mass is 376 g/mol. The SMILES string of the molecule is Cc1cc(Cc2c(C)nn(CCC(=O)O)c2C)c2c(c1O)CCC2.[H-].[H-].[Na+].[Na+]. The van der Waals surface area contributed by atoms with Crippen molar-refractivity contribution in [2.24, 2.45) is 0 Å². The molecule has 26 heavy (non-hydrogen) atoms. The number of carbonyl (C=O) groups is 1. The van der Waals surface area contributed by atoms with E-state index in [9.17, 15) is 9.90 Å². The number of carboxylic acid groups (broad SMARTS) is 1. The number of hydrogen-bond acceptors (Lipinski definition) is 3. The van der Waals surface area contributed by atoms with Crippen LogP contribution in [0.2, 0.25) is 0 Å². The zero-order valence-corrected chi connectivity index (χ0v) is 20.5. The quantitative estimate of drug-likeness (QED) is 0.557. The molecule has 0 atom stereocenters. The molecule has 1 heterocycles. The first kappa shape index (κ1) is 23.7. The minimum absolute atomic E-state index is 0. The van der Waals surface area contributed by atoms with Gasteiger partial charge in [-0.25, -0.2) is 0 Å². The number of benzene rings is 1. The van der Waals surface area contributed by atoms with Crippen molar-refractivity contribution in [2.75, 3.05) is 0 Å². The van der Waals surface area contributed by atoms with Crippen LogP contribution in [0.5, 0.6) is 5.75 Å². The first-order valence-corrected chi connectivity index (χ1v) is 8.46. The molecule has 0 spiro atoms. The van der Waals surface area contributed by atoms with E-state index in [1.165, 1.54) is 16.7 Å². The number of aryl methyl sites for hydroxylation is 3. The van der Waals surface area contributed by atoms with Gasteiger partial charge in [0.15, 0.2) is 0 Å². The fraction of sp³-hybridized carbons (Fsp3) is 0.474. The predicted octanol–water partition coefficient (Wildman–Crippen LogP) is -2.70. The first-order chi connectivity index (χ1) is 11.4. The molecule has 0 amide bonds. The second kappa shape index (κ2) is 9.76. The van der Waals surface area contributed by atoms with Crippen LogP contribution in [0.4, 0.5) is 0 Å². The van der Waals surface area contributed by atoms with Crippen molar-refractivity contribution in [1.82, 2.24) is 9.78 Å². The molecule has 5 nitrogen and oxygen atoms in total. The second-order valence-corrected chi connectivity index (χ2v) is 6.70. The summed E-state index contributed by atoms with van der Waals surface area (Å²) in [6.07, 6.45) is 3.92. The van der Waals surface area contributed by atoms with Crippen LogP contribution in [0.3, 0.4) is 0 Å². The van der Waals surface area contributed by atoms with Crippen molar-refractivity contribution in [3.8, 4) is 5.75 Å². The maximum absolute atomic E-state index is 10.8. The summed E-state index contributed by atoms with van der Waals surface area (Å²) in [4.78, 5) is 10.8. The van der Waals surface area contributed by atoms with Crippen LogP contribution in [0.25, 0.3) is 0 Å². The number of aromatic nitrogens is 2. The molecule has 2 N–H and O–H groups in total. The smallest absolute Gasteiger partial charge is 1.00 e. The van der Waals surface area contributed by atoms with Gasteiger partial charge in [0, 0.05) is 17.7 Å². The topological polar surface area (TPSA) is 75.4 Å². The molecule has 0 unspecified atom stereocenters. The van der Waals surface area contributed by atoms with E-state index in [-0.39, 0.29) is 68.4 Å². The Morgan fingerprint density at radius 3 is 2.54 bits per heavy atom. The van der Waals surface area contributed by atoms with Crippen molar-refractivity contribution < 1.29 is 77.0 Å². The van der Waals surface area contributed by atoms with Crippen LogP contribution in [-0.2, 0) is 30.6 Å². The number of phenols is 1. The van der Waals surface area contributed by atoms with Gasteiger partial charge in [-0.2, -0.15) is 5.10 Å². The summed E-state index contributed by atoms with van der Waals surface area (Å²) in [6.45, 7) is 6.33. The van der Waals surface area contributed by atoms with Crippen molar-refractivity contribution in [3.63, 3.8) is 0 Å². The molecule has 0 bridgehead atoms. The van der Waals surface area contributed by atoms with Gasteiger partial charge in [-0.05, 0) is 62.3 Å². The largest absolute Gasteiger partial charge is 1.00 e. The third-order valence-electron chi connectivity index (χ3n) is 5.09. The summed E-state index contributed by atoms with van der Waals surface area (Å²) in [7, 11) is 0. The van der Waals surface area contributed by atoms with E-state index in [2.05, 4.69) is 11.2 Å². The van der Waals surface area contributed by atoms with E-state index in [1.807, 2.05) is 20.8 Å². The second-order valence-electron chi connectivity index (χ2n) is 6.70. The number of hydrogen-bond donors (Lipinski definition) is 2. The van der Waals surface area contributed by atoms with Crippen molar-refractivity contribution in [1.29, 1.82) is 0 Å². The Morgan fingerprint density at radius 2 is 1.88 bits per heavy atom. The molecule has 2 aromatic rings. The standard InChI is InChI=1S/C19H24N2O3.2Na.2H/c1-11-9-14(15-5-4-6-16(15)19(11)24)10-17-12(2)20-21(13(17)3)8-7-18(22)23;;;;/h9,24H,4-8,10H2,1-3H3,(H,22,23);;;;/q;2*+1;2*-1. The third kappa shape index (κ3) is 4.75. The van der Waals surface area contributed by atoms with Crippen LogP contribution in [0, 0.1) is 20.8 Å². The van der Waals surface area contributed by atoms with Gasteiger partial charge in [-0.15, -0.1) is 0 Å². The fourth-order valence-corrected chi connectivity index (χ4v) is 3.77. The van der Waals surface area contributed by atoms with Gasteiger partial charge >= 0.3 is 65.1 Å². The Morgan fingerprint density at radius 1 is 1.23 bits per heavy atom. The molecule has 7 heteroatoms. The van der Waals surface area contributed by atoms with E-state index >= 15 is 0 Å². The van der Waals surface area contributed by atoms with Gasteiger partial charge in [-0.1, -0.05) is 6.07 Å². The molecule has 1 aliphatic carbocycles. The van der Waals surface area contributed by atoms with Crippen LogP contribution in [-0.4, -0.2) is 26.0 Å². The molecular formula is C19H26N2Na2O3. The van der Waals surface area contributed by atoms with Gasteiger partial charge in [0.25, 0.3) is 0 Å². The minimum atomic E-state index is -0.809. The van der Waals surface area contributed by atoms with E-state index < -0.39 is 5.97 Å². The summed E-state index contributed by atoms with van der Waals surface area (Å²) in [5.74, 6) is -0.354. The number of fused-ring (bicyclic) bond motifs is 1. The number of aromatic hydroxyl groups is 1. The number of aliphatic carboxylic acids is 1. The van der Waals surface area contributed by atoms with Gasteiger partial charge in [-0.3, -0.25) is 9.48 Å². The van der Waals surface area contributed by atoms with Crippen molar-refractivity contribution in [3.05, 3.63) is 45.3 Å². The normalized spacial score (nSPS) is 12.3. The number of carboxylic acids is 1. The molecule has 0 radical (unpaired) electrons. The Balaban J connectivity index is 0. The van der Waals surface area contributed by atoms with Gasteiger partial charge < -0.3 is 13.1 Å². The molecule has 1 aromatic heterocycles. The van der Waals surface area contributed by atoms with Crippen LogP contribution in [0.1, 0.15) is 54.9 Å². The molecule has 0 saturated carbocycles. The van der Waals surface area contributed by atoms with Gasteiger partial charge in [0.1, 0.15) is 5.75 Å². The number of rotatable bonds is 5. The summed E-state index contributed by atoms with van der Waals surface area (Å²) in [6, 6.07) is 2.09. The molecule has 0 aliphatic heterocycles. The van der Waals surface area contributed by atoms with Gasteiger partial charge in [0.05, 0.1) is 18.7 Å². The number of nitrogens with zero attached hydrogens (tertiary/aromatic N) is 2. The predicted molar refractivity (Wildman–Crippen MR) is 93.9 cm³/mol. The fourth-order valence-electron chi connectivity index (χ4n) is 3.77. The average Bonchev–Trinajstić information content (AvgIpc) is 3.11. The molecule has 132 valence electrons. The maximum atomic E-state index is 10.8. The Bertz CT molecular complexity index is 826. The summed E-state index contributed by atoms with van der Waals surface area (Å²) < 4.78 is 1.80. The van der Waals surface area contributed by atoms with Crippen LogP contribution < -0.4 is 59.1 Å². The van der Waals surface area contributed by atoms with Crippen molar-refractivity contribution >= 4 is 5.97 Å². The molecule has 1 aromatic carbocycles. The first-order valence-electron chi connectivity index (χ1n) is 8.46. The Labute approximate surface area is 201 Å². The minimum Gasteiger partial charge on any atom is -1.00 e. The van der Waals surface area contributed by atoms with E-state index in [0.717, 1.165) is 48.2 Å². The zero-order chi connectivity index (χ0) is 17.4. The maximum Gasteiger partial charge on any atom is 1.00 e. The third-order valence-corrected chi connectivity index (χ3v) is 5.09. The van der Waals surface area contributed by atoms with E-state index in [4.69, 9.17) is 5.11 Å². The van der Waals surface area contributed by atoms with Crippen LogP contribution in [0.15, 0.2) is 6.07 Å². The van der Waals surface area contributed by atoms with Gasteiger partial charge in [0.2, 0.25) is 0 Å². The molecular weight excluding hydrogens is 350 g/mol. The molecule has 3 rings (SSSR count). The number of phenolic OH excluding ortho intramolecular Hbond substituents is 1. The zero-order valence-electron chi connectivity index (χ0n) is 18.5. The van der Waals surface area contributed by atoms with Crippen LogP contribution >= 0.6 is 0 Å². The van der Waals surface area contributed by atoms with E-state index in [0.29, 0.717) is 12.3 Å². The summed E-state index contributed by atoms with van der Waals surface area (Å²) in [5.41, 5.74) is 7.75. The summed E-state index contributed by atoms with van der Waals surface area (Å²) in [5, 5.41) is 23.7. The Kier molecular flexibility index (Phi) is 8.91.